The van der Waals surface area contributed by atoms with Gasteiger partial charge in [0.15, 0.2) is 5.16 Å². The van der Waals surface area contributed by atoms with E-state index in [-0.39, 0.29) is 17.2 Å². The van der Waals surface area contributed by atoms with Crippen LogP contribution in [0.15, 0.2) is 87.2 Å². The van der Waals surface area contributed by atoms with E-state index < -0.39 is 0 Å². The fourth-order valence-corrected chi connectivity index (χ4v) is 4.52. The number of fused-ring (bicyclic) bond motifs is 1. The van der Waals surface area contributed by atoms with E-state index in [0.29, 0.717) is 15.4 Å². The maximum absolute atomic E-state index is 12.6. The summed E-state index contributed by atoms with van der Waals surface area (Å²) in [6.45, 7) is 0. The number of aromatic nitrogens is 2. The van der Waals surface area contributed by atoms with Crippen LogP contribution in [0, 0.1) is 0 Å². The van der Waals surface area contributed by atoms with Gasteiger partial charge in [-0.25, -0.2) is 10.4 Å². The number of benzene rings is 2. The van der Waals surface area contributed by atoms with E-state index in [1.807, 2.05) is 72.1 Å². The lowest BCUT2D eigenvalue weighted by atomic mass is 10.1. The second-order valence-electron chi connectivity index (χ2n) is 6.44. The lowest BCUT2D eigenvalue weighted by Gasteiger charge is -2.02. The topological polar surface area (TPSA) is 87.2 Å². The monoisotopic (exact) mass is 446 g/mol. The van der Waals surface area contributed by atoms with Crippen molar-refractivity contribution in [2.45, 2.75) is 5.16 Å². The van der Waals surface area contributed by atoms with Gasteiger partial charge in [0.2, 0.25) is 0 Å². The molecule has 0 atom stereocenters. The number of nitrogens with one attached hydrogen (secondary N) is 2. The lowest BCUT2D eigenvalue weighted by Crippen LogP contribution is -2.20. The number of hydrogen-bond donors (Lipinski definition) is 2. The fourth-order valence-electron chi connectivity index (χ4n) is 2.86. The summed E-state index contributed by atoms with van der Waals surface area (Å²) in [5.41, 5.74) is 5.13. The molecule has 4 rings (SSSR count). The molecule has 0 saturated heterocycles. The Morgan fingerprint density at radius 3 is 2.65 bits per heavy atom. The van der Waals surface area contributed by atoms with Gasteiger partial charge in [-0.05, 0) is 17.2 Å². The van der Waals surface area contributed by atoms with Crippen LogP contribution < -0.4 is 11.0 Å². The number of aromatic amines is 1. The van der Waals surface area contributed by atoms with E-state index in [2.05, 4.69) is 20.5 Å². The normalized spacial score (nSPS) is 11.5. The predicted molar refractivity (Wildman–Crippen MR) is 129 cm³/mol. The average Bonchev–Trinajstić information content (AvgIpc) is 3.23. The third kappa shape index (κ3) is 5.36. The molecule has 0 aliphatic heterocycles. The molecule has 2 aromatic carbocycles. The summed E-state index contributed by atoms with van der Waals surface area (Å²) in [4.78, 5) is 32.5. The van der Waals surface area contributed by atoms with Crippen LogP contribution in [0.1, 0.15) is 5.56 Å². The van der Waals surface area contributed by atoms with Crippen LogP contribution in [0.25, 0.3) is 27.4 Å². The molecule has 0 unspecified atom stereocenters. The van der Waals surface area contributed by atoms with Crippen molar-refractivity contribution >= 4 is 51.5 Å². The molecule has 0 fully saturated rings. The molecule has 8 heteroatoms. The Kier molecular flexibility index (Phi) is 6.71. The molecule has 0 bridgehead atoms. The molecule has 31 heavy (non-hydrogen) atoms. The summed E-state index contributed by atoms with van der Waals surface area (Å²) >= 11 is 2.57. The molecule has 2 aromatic heterocycles. The van der Waals surface area contributed by atoms with Crippen LogP contribution in [-0.2, 0) is 4.79 Å². The smallest absolute Gasteiger partial charge is 0.260 e. The van der Waals surface area contributed by atoms with Gasteiger partial charge in [0, 0.05) is 17.2 Å². The van der Waals surface area contributed by atoms with Crippen molar-refractivity contribution in [1.29, 1.82) is 0 Å². The van der Waals surface area contributed by atoms with Crippen LogP contribution >= 0.6 is 23.1 Å². The summed E-state index contributed by atoms with van der Waals surface area (Å²) in [5, 5.41) is 6.79. The van der Waals surface area contributed by atoms with Crippen molar-refractivity contribution in [2.75, 3.05) is 5.75 Å². The van der Waals surface area contributed by atoms with Crippen LogP contribution in [0.4, 0.5) is 0 Å². The minimum atomic E-state index is -0.284. The molecule has 2 N–H and O–H groups in total. The Morgan fingerprint density at radius 2 is 1.87 bits per heavy atom. The zero-order chi connectivity index (χ0) is 21.5. The van der Waals surface area contributed by atoms with E-state index in [4.69, 9.17) is 0 Å². The van der Waals surface area contributed by atoms with Gasteiger partial charge >= 0.3 is 0 Å². The summed E-state index contributed by atoms with van der Waals surface area (Å²) in [5.74, 6) is -0.196. The number of rotatable bonds is 7. The highest BCUT2D eigenvalue weighted by molar-refractivity contribution is 7.99. The number of hydrazone groups is 1. The van der Waals surface area contributed by atoms with Crippen molar-refractivity contribution in [1.82, 2.24) is 15.4 Å². The molecule has 0 saturated carbocycles. The lowest BCUT2D eigenvalue weighted by molar-refractivity contribution is -0.118. The van der Waals surface area contributed by atoms with Gasteiger partial charge in [-0.15, -0.1) is 11.3 Å². The van der Waals surface area contributed by atoms with E-state index in [1.54, 1.807) is 6.08 Å². The average molecular weight is 447 g/mol. The molecule has 6 nitrogen and oxygen atoms in total. The largest absolute Gasteiger partial charge is 0.301 e. The van der Waals surface area contributed by atoms with Gasteiger partial charge in [0.05, 0.1) is 11.1 Å². The first kappa shape index (κ1) is 20.8. The van der Waals surface area contributed by atoms with Crippen molar-refractivity contribution in [3.63, 3.8) is 0 Å². The quantitative estimate of drug-likeness (QED) is 0.189. The maximum atomic E-state index is 12.6. The van der Waals surface area contributed by atoms with Gasteiger partial charge in [0.1, 0.15) is 4.83 Å². The summed E-state index contributed by atoms with van der Waals surface area (Å²) in [6, 6.07) is 19.5. The first-order valence-corrected chi connectivity index (χ1v) is 11.3. The molecule has 2 heterocycles. The molecule has 0 aliphatic carbocycles. The molecular weight excluding hydrogens is 428 g/mol. The number of amides is 1. The van der Waals surface area contributed by atoms with Gasteiger partial charge in [-0.1, -0.05) is 78.5 Å². The van der Waals surface area contributed by atoms with Gasteiger partial charge in [-0.3, -0.25) is 9.59 Å². The number of carbonyl (C=O) groups is 1. The first-order valence-electron chi connectivity index (χ1n) is 9.44. The Hall–Kier alpha value is -3.49. The Bertz CT molecular complexity index is 1300. The summed E-state index contributed by atoms with van der Waals surface area (Å²) in [6.07, 6.45) is 5.15. The highest BCUT2D eigenvalue weighted by atomic mass is 32.2. The van der Waals surface area contributed by atoms with Crippen LogP contribution in [0.2, 0.25) is 0 Å². The number of hydrogen-bond acceptors (Lipinski definition) is 6. The molecule has 0 spiro atoms. The second-order valence-corrected chi connectivity index (χ2v) is 8.26. The highest BCUT2D eigenvalue weighted by Crippen LogP contribution is 2.31. The number of thioether (sulfide) groups is 1. The van der Waals surface area contributed by atoms with Crippen LogP contribution in [0.3, 0.4) is 0 Å². The number of allylic oxidation sites excluding steroid dienone is 1. The number of nitrogens with zero attached hydrogens (tertiary/aromatic N) is 2. The highest BCUT2D eigenvalue weighted by Gasteiger charge is 2.13. The molecule has 0 aliphatic rings. The Labute approximate surface area is 186 Å². The molecule has 1 amide bonds. The SMILES string of the molecule is O=C(CSc1nc2scc(-c3ccccc3)c2c(=O)[nH]1)N/N=C/C=C/c1ccccc1. The molecule has 0 radical (unpaired) electrons. The second kappa shape index (κ2) is 10.0. The van der Waals surface area contributed by atoms with E-state index in [1.165, 1.54) is 17.6 Å². The number of carbonyl (C=O) groups excluding carboxylic acids is 1. The number of H-pyrrole nitrogens is 1. The fraction of sp³-hybridized carbons (Fsp3) is 0.0435. The van der Waals surface area contributed by atoms with Crippen molar-refractivity contribution in [3.05, 3.63) is 88.0 Å². The van der Waals surface area contributed by atoms with Crippen LogP contribution in [0.5, 0.6) is 0 Å². The predicted octanol–water partition coefficient (Wildman–Crippen LogP) is 4.56. The van der Waals surface area contributed by atoms with E-state index in [9.17, 15) is 9.59 Å². The zero-order valence-corrected chi connectivity index (χ0v) is 18.0. The van der Waals surface area contributed by atoms with E-state index in [0.717, 1.165) is 28.5 Å². The van der Waals surface area contributed by atoms with Gasteiger partial charge < -0.3 is 4.98 Å². The minimum Gasteiger partial charge on any atom is -0.301 e. The molecule has 4 aromatic rings. The third-order valence-electron chi connectivity index (χ3n) is 4.29. The van der Waals surface area contributed by atoms with Crippen molar-refractivity contribution < 1.29 is 4.79 Å². The first-order chi connectivity index (χ1) is 15.2. The van der Waals surface area contributed by atoms with Crippen molar-refractivity contribution in [3.8, 4) is 11.1 Å². The molecular formula is C23H18N4O2S2. The zero-order valence-electron chi connectivity index (χ0n) is 16.3. The number of thiophene rings is 1. The van der Waals surface area contributed by atoms with E-state index >= 15 is 0 Å². The summed E-state index contributed by atoms with van der Waals surface area (Å²) < 4.78 is 0. The van der Waals surface area contributed by atoms with Crippen LogP contribution in [-0.4, -0.2) is 27.8 Å². The van der Waals surface area contributed by atoms with Gasteiger partial charge in [0.25, 0.3) is 11.5 Å². The van der Waals surface area contributed by atoms with Crippen molar-refractivity contribution in [2.24, 2.45) is 5.10 Å². The third-order valence-corrected chi connectivity index (χ3v) is 6.03. The van der Waals surface area contributed by atoms with Gasteiger partial charge in [-0.2, -0.15) is 5.10 Å². The Balaban J connectivity index is 1.36. The summed E-state index contributed by atoms with van der Waals surface area (Å²) in [7, 11) is 0. The maximum Gasteiger partial charge on any atom is 0.260 e. The minimum absolute atomic E-state index is 0.0884. The Morgan fingerprint density at radius 1 is 1.13 bits per heavy atom. The standard InChI is InChI=1S/C23H18N4O2S2/c28-19(27-24-13-7-10-16-8-3-1-4-9-16)15-31-23-25-21(29)20-18(14-30-22(20)26-23)17-11-5-2-6-12-17/h1-14H,15H2,(H,27,28)(H,25,26,29)/b10-7+,24-13+. The molecule has 154 valence electrons.